The Hall–Kier alpha value is -1.67. The highest BCUT2D eigenvalue weighted by atomic mass is 19.1. The van der Waals surface area contributed by atoms with Crippen molar-refractivity contribution in [2.45, 2.75) is 31.8 Å². The summed E-state index contributed by atoms with van der Waals surface area (Å²) in [6.07, 6.45) is 1.18. The topological polar surface area (TPSA) is 12.0 Å². The van der Waals surface area contributed by atoms with Crippen molar-refractivity contribution in [1.82, 2.24) is 5.32 Å². The highest BCUT2D eigenvalue weighted by Crippen LogP contribution is 2.40. The van der Waals surface area contributed by atoms with Gasteiger partial charge in [-0.2, -0.15) is 0 Å². The molecule has 1 N–H and O–H groups in total. The van der Waals surface area contributed by atoms with Crippen LogP contribution in [-0.2, 0) is 6.54 Å². The predicted octanol–water partition coefficient (Wildman–Crippen LogP) is 3.78. The lowest BCUT2D eigenvalue weighted by atomic mass is 10.1. The van der Waals surface area contributed by atoms with Gasteiger partial charge in [0.05, 0.1) is 0 Å². The van der Waals surface area contributed by atoms with E-state index in [9.17, 15) is 4.39 Å². The van der Waals surface area contributed by atoms with E-state index in [4.69, 9.17) is 0 Å². The summed E-state index contributed by atoms with van der Waals surface area (Å²) in [6, 6.07) is 16.1. The molecule has 0 bridgehead atoms. The van der Waals surface area contributed by atoms with Gasteiger partial charge in [-0.1, -0.05) is 36.4 Å². The van der Waals surface area contributed by atoms with E-state index >= 15 is 0 Å². The van der Waals surface area contributed by atoms with Crippen molar-refractivity contribution in [1.29, 1.82) is 0 Å². The van der Waals surface area contributed by atoms with Crippen LogP contribution in [0.2, 0.25) is 0 Å². The maximum Gasteiger partial charge on any atom is 0.123 e. The number of aryl methyl sites for hydroxylation is 1. The molecule has 0 heterocycles. The van der Waals surface area contributed by atoms with Gasteiger partial charge in [-0.3, -0.25) is 0 Å². The fourth-order valence-electron chi connectivity index (χ4n) is 2.56. The molecule has 1 nitrogen and oxygen atoms in total. The SMILES string of the molecule is Cc1ccc(F)cc1CNC1CC1c1ccccc1. The third-order valence-corrected chi connectivity index (χ3v) is 3.88. The Morgan fingerprint density at radius 2 is 1.95 bits per heavy atom. The smallest absolute Gasteiger partial charge is 0.123 e. The van der Waals surface area contributed by atoms with E-state index in [0.717, 1.165) is 17.7 Å². The van der Waals surface area contributed by atoms with E-state index in [1.54, 1.807) is 6.07 Å². The molecule has 2 unspecified atom stereocenters. The predicted molar refractivity (Wildman–Crippen MR) is 75.6 cm³/mol. The molecule has 0 amide bonds. The highest BCUT2D eigenvalue weighted by Gasteiger charge is 2.37. The van der Waals surface area contributed by atoms with Crippen molar-refractivity contribution < 1.29 is 4.39 Å². The van der Waals surface area contributed by atoms with Gasteiger partial charge in [-0.05, 0) is 42.2 Å². The average molecular weight is 255 g/mol. The molecule has 1 aliphatic rings. The van der Waals surface area contributed by atoms with E-state index in [1.807, 2.05) is 19.1 Å². The number of hydrogen-bond acceptors (Lipinski definition) is 1. The van der Waals surface area contributed by atoms with Crippen LogP contribution >= 0.6 is 0 Å². The molecule has 1 aliphatic carbocycles. The number of halogens is 1. The normalized spacial score (nSPS) is 21.4. The van der Waals surface area contributed by atoms with Gasteiger partial charge in [0.25, 0.3) is 0 Å². The van der Waals surface area contributed by atoms with Gasteiger partial charge in [-0.15, -0.1) is 0 Å². The molecule has 2 aromatic rings. The highest BCUT2D eigenvalue weighted by molar-refractivity contribution is 5.29. The fourth-order valence-corrected chi connectivity index (χ4v) is 2.56. The minimum Gasteiger partial charge on any atom is -0.309 e. The first-order valence-electron chi connectivity index (χ1n) is 6.77. The minimum absolute atomic E-state index is 0.155. The van der Waals surface area contributed by atoms with Gasteiger partial charge in [-0.25, -0.2) is 4.39 Å². The molecule has 2 atom stereocenters. The second kappa shape index (κ2) is 5.14. The third kappa shape index (κ3) is 2.85. The Morgan fingerprint density at radius 1 is 1.16 bits per heavy atom. The lowest BCUT2D eigenvalue weighted by Crippen LogP contribution is -2.18. The second-order valence-corrected chi connectivity index (χ2v) is 5.31. The van der Waals surface area contributed by atoms with Crippen molar-refractivity contribution in [2.24, 2.45) is 0 Å². The quantitative estimate of drug-likeness (QED) is 0.876. The van der Waals surface area contributed by atoms with Crippen molar-refractivity contribution in [3.05, 3.63) is 71.0 Å². The Balaban J connectivity index is 1.59. The van der Waals surface area contributed by atoms with Crippen LogP contribution in [0.25, 0.3) is 0 Å². The summed E-state index contributed by atoms with van der Waals surface area (Å²) in [5.41, 5.74) is 3.60. The number of benzene rings is 2. The number of rotatable bonds is 4. The maximum atomic E-state index is 13.2. The zero-order valence-electron chi connectivity index (χ0n) is 11.1. The Bertz CT molecular complexity index is 565. The Morgan fingerprint density at radius 3 is 2.74 bits per heavy atom. The fraction of sp³-hybridized carbons (Fsp3) is 0.294. The molecule has 2 heteroatoms. The standard InChI is InChI=1S/C17H18FN/c1-12-7-8-15(18)9-14(12)11-19-17-10-16(17)13-5-3-2-4-6-13/h2-9,16-17,19H,10-11H2,1H3. The van der Waals surface area contributed by atoms with Gasteiger partial charge in [0.2, 0.25) is 0 Å². The molecule has 0 radical (unpaired) electrons. The second-order valence-electron chi connectivity index (χ2n) is 5.31. The zero-order valence-corrected chi connectivity index (χ0v) is 11.1. The summed E-state index contributed by atoms with van der Waals surface area (Å²) < 4.78 is 13.2. The van der Waals surface area contributed by atoms with Crippen LogP contribution in [0.5, 0.6) is 0 Å². The van der Waals surface area contributed by atoms with E-state index in [-0.39, 0.29) is 5.82 Å². The minimum atomic E-state index is -0.155. The maximum absolute atomic E-state index is 13.2. The number of nitrogens with one attached hydrogen (secondary N) is 1. The first-order valence-corrected chi connectivity index (χ1v) is 6.77. The molecule has 0 saturated heterocycles. The summed E-state index contributed by atoms with van der Waals surface area (Å²) in [5, 5.41) is 3.52. The third-order valence-electron chi connectivity index (χ3n) is 3.88. The van der Waals surface area contributed by atoms with E-state index in [2.05, 4.69) is 29.6 Å². The molecule has 1 saturated carbocycles. The molecular formula is C17H18FN. The van der Waals surface area contributed by atoms with E-state index in [1.165, 1.54) is 18.1 Å². The summed E-state index contributed by atoms with van der Waals surface area (Å²) >= 11 is 0. The molecule has 0 spiro atoms. The molecular weight excluding hydrogens is 237 g/mol. The largest absolute Gasteiger partial charge is 0.309 e. The molecule has 0 aliphatic heterocycles. The molecule has 1 fully saturated rings. The van der Waals surface area contributed by atoms with Gasteiger partial charge < -0.3 is 5.32 Å². The lowest BCUT2D eigenvalue weighted by Gasteiger charge is -2.08. The van der Waals surface area contributed by atoms with Crippen molar-refractivity contribution in [3.8, 4) is 0 Å². The lowest BCUT2D eigenvalue weighted by molar-refractivity contribution is 0.617. The van der Waals surface area contributed by atoms with E-state index < -0.39 is 0 Å². The zero-order chi connectivity index (χ0) is 13.2. The summed E-state index contributed by atoms with van der Waals surface area (Å²) in [4.78, 5) is 0. The van der Waals surface area contributed by atoms with Crippen LogP contribution in [0, 0.1) is 12.7 Å². The average Bonchev–Trinajstić information content (AvgIpc) is 3.20. The van der Waals surface area contributed by atoms with E-state index in [0.29, 0.717) is 12.0 Å². The van der Waals surface area contributed by atoms with Crippen LogP contribution < -0.4 is 5.32 Å². The van der Waals surface area contributed by atoms with Gasteiger partial charge in [0, 0.05) is 18.5 Å². The van der Waals surface area contributed by atoms with Crippen LogP contribution in [0.3, 0.4) is 0 Å². The molecule has 3 rings (SSSR count). The van der Waals surface area contributed by atoms with Gasteiger partial charge in [0.1, 0.15) is 5.82 Å². The van der Waals surface area contributed by atoms with Crippen LogP contribution in [0.15, 0.2) is 48.5 Å². The number of hydrogen-bond donors (Lipinski definition) is 1. The van der Waals surface area contributed by atoms with Crippen LogP contribution in [-0.4, -0.2) is 6.04 Å². The van der Waals surface area contributed by atoms with Crippen LogP contribution in [0.1, 0.15) is 29.0 Å². The summed E-state index contributed by atoms with van der Waals surface area (Å²) in [6.45, 7) is 2.77. The van der Waals surface area contributed by atoms with Gasteiger partial charge >= 0.3 is 0 Å². The van der Waals surface area contributed by atoms with Gasteiger partial charge in [0.15, 0.2) is 0 Å². The molecule has 98 valence electrons. The Kier molecular flexibility index (Phi) is 3.34. The van der Waals surface area contributed by atoms with Crippen LogP contribution in [0.4, 0.5) is 4.39 Å². The first-order chi connectivity index (χ1) is 9.24. The monoisotopic (exact) mass is 255 g/mol. The molecule has 19 heavy (non-hydrogen) atoms. The summed E-state index contributed by atoms with van der Waals surface area (Å²) in [7, 11) is 0. The van der Waals surface area contributed by atoms with Crippen molar-refractivity contribution in [3.63, 3.8) is 0 Å². The molecule has 0 aromatic heterocycles. The van der Waals surface area contributed by atoms with Crippen molar-refractivity contribution in [2.75, 3.05) is 0 Å². The Labute approximate surface area is 113 Å². The summed E-state index contributed by atoms with van der Waals surface area (Å²) in [5.74, 6) is 0.466. The molecule has 2 aromatic carbocycles. The van der Waals surface area contributed by atoms with Crippen molar-refractivity contribution >= 4 is 0 Å². The first kappa shape index (κ1) is 12.4.